The van der Waals surface area contributed by atoms with Gasteiger partial charge in [0.15, 0.2) is 0 Å². The number of hydrogen-bond acceptors (Lipinski definition) is 8. The highest BCUT2D eigenvalue weighted by molar-refractivity contribution is 6.30. The van der Waals surface area contributed by atoms with E-state index in [2.05, 4.69) is 5.43 Å². The number of allylic oxidation sites excluding steroid dienone is 2. The van der Waals surface area contributed by atoms with Crippen LogP contribution in [0.1, 0.15) is 42.7 Å². The van der Waals surface area contributed by atoms with Crippen LogP contribution in [0.3, 0.4) is 0 Å². The van der Waals surface area contributed by atoms with E-state index in [0.29, 0.717) is 27.4 Å². The number of aromatic hydroxyl groups is 1. The summed E-state index contributed by atoms with van der Waals surface area (Å²) in [6.45, 7) is -0.0425. The molecule has 4 amide bonds. The van der Waals surface area contributed by atoms with Crippen LogP contribution in [0.15, 0.2) is 78.4 Å². The molecule has 2 aliphatic heterocycles. The van der Waals surface area contributed by atoms with Crippen molar-refractivity contribution in [3.63, 3.8) is 0 Å². The van der Waals surface area contributed by atoms with Gasteiger partial charge in [0.25, 0.3) is 11.8 Å². The number of nitrogens with zero attached hydrogens (tertiary/aromatic N) is 2. The fourth-order valence-corrected chi connectivity index (χ4v) is 8.74. The number of phenolic OH excluding ortho intramolecular Hbond substituents is 1. The second kappa shape index (κ2) is 12.6. The monoisotopic (exact) mass is 701 g/mol. The molecule has 4 aliphatic rings. The van der Waals surface area contributed by atoms with Gasteiger partial charge in [-0.2, -0.15) is 5.01 Å². The SMILES string of the molecule is COc1cc(O)ccc1C1C2=CCC3C(=O)N(CCCC(=O)O)C(=O)C3C2CC2C(=O)N(Nc3ccc(F)cc3)C(=O)C21c1ccc(Cl)cc1. The number of anilines is 1. The number of amides is 4. The maximum Gasteiger partial charge on any atom is 0.303 e. The zero-order valence-corrected chi connectivity index (χ0v) is 27.6. The number of ether oxygens (including phenoxy) is 1. The Kier molecular flexibility index (Phi) is 8.37. The van der Waals surface area contributed by atoms with Gasteiger partial charge in [0, 0.05) is 35.5 Å². The number of carboxylic acid groups (broad SMARTS) is 1. The van der Waals surface area contributed by atoms with Crippen molar-refractivity contribution >= 4 is 46.9 Å². The van der Waals surface area contributed by atoms with Gasteiger partial charge in [0.05, 0.1) is 36.0 Å². The van der Waals surface area contributed by atoms with Gasteiger partial charge in [-0.05, 0) is 73.2 Å². The van der Waals surface area contributed by atoms with Crippen molar-refractivity contribution in [2.45, 2.75) is 37.0 Å². The zero-order chi connectivity index (χ0) is 35.5. The van der Waals surface area contributed by atoms with Gasteiger partial charge in [-0.3, -0.25) is 34.3 Å². The Bertz CT molecular complexity index is 1950. The minimum Gasteiger partial charge on any atom is -0.508 e. The summed E-state index contributed by atoms with van der Waals surface area (Å²) >= 11 is 6.32. The number of halogens is 2. The van der Waals surface area contributed by atoms with E-state index in [1.54, 1.807) is 30.3 Å². The van der Waals surface area contributed by atoms with Crippen molar-refractivity contribution in [3.8, 4) is 11.5 Å². The molecule has 2 saturated heterocycles. The summed E-state index contributed by atoms with van der Waals surface area (Å²) in [5.74, 6) is -7.54. The van der Waals surface area contributed by atoms with Crippen molar-refractivity contribution in [2.75, 3.05) is 19.1 Å². The fraction of sp³-hybridized carbons (Fsp3) is 0.324. The molecule has 2 heterocycles. The molecule has 2 aliphatic carbocycles. The third-order valence-electron chi connectivity index (χ3n) is 10.6. The molecule has 6 atom stereocenters. The molecule has 3 aromatic rings. The van der Waals surface area contributed by atoms with E-state index < -0.39 is 64.5 Å². The molecule has 7 rings (SSSR count). The highest BCUT2D eigenvalue weighted by Gasteiger charge is 2.70. The molecule has 3 aromatic carbocycles. The molecule has 11 nitrogen and oxygen atoms in total. The van der Waals surface area contributed by atoms with E-state index in [9.17, 15) is 28.7 Å². The lowest BCUT2D eigenvalue weighted by Gasteiger charge is -2.50. The minimum absolute atomic E-state index is 0.0423. The summed E-state index contributed by atoms with van der Waals surface area (Å²) in [5, 5.41) is 20.9. The predicted molar refractivity (Wildman–Crippen MR) is 177 cm³/mol. The van der Waals surface area contributed by atoms with Crippen LogP contribution >= 0.6 is 11.6 Å². The van der Waals surface area contributed by atoms with Gasteiger partial charge in [-0.25, -0.2) is 4.39 Å². The number of imide groups is 2. The Morgan fingerprint density at radius 2 is 1.72 bits per heavy atom. The van der Waals surface area contributed by atoms with Gasteiger partial charge >= 0.3 is 5.97 Å². The Labute approximate surface area is 291 Å². The summed E-state index contributed by atoms with van der Waals surface area (Å²) < 4.78 is 19.6. The topological polar surface area (TPSA) is 154 Å². The Balaban J connectivity index is 1.42. The number of aliphatic carboxylic acids is 1. The molecule has 0 bridgehead atoms. The number of hydrazine groups is 1. The lowest BCUT2D eigenvalue weighted by atomic mass is 9.49. The van der Waals surface area contributed by atoms with E-state index in [0.717, 1.165) is 9.91 Å². The second-order valence-electron chi connectivity index (χ2n) is 13.1. The van der Waals surface area contributed by atoms with Crippen molar-refractivity contribution < 1.29 is 43.3 Å². The standard InChI is InChI=1S/C37H33ClFN3O8/c1-50-29-17-23(43)12-13-25(29)32-24-14-15-26-31(35(48)41(33(26)46)16-2-3-30(44)45)27(24)18-28-34(47)42(40-22-10-8-21(39)9-11-22)36(49)37(28,32)19-4-6-20(38)7-5-19/h4-14,17,26-28,31-32,40,43H,2-3,15-16,18H2,1H3,(H,44,45). The highest BCUT2D eigenvalue weighted by Crippen LogP contribution is 2.65. The molecule has 0 spiro atoms. The van der Waals surface area contributed by atoms with E-state index >= 15 is 4.79 Å². The van der Waals surface area contributed by atoms with Gasteiger partial charge in [0.2, 0.25) is 11.8 Å². The van der Waals surface area contributed by atoms with E-state index in [1.165, 1.54) is 43.5 Å². The molecule has 0 aromatic heterocycles. The highest BCUT2D eigenvalue weighted by atomic mass is 35.5. The first kappa shape index (κ1) is 33.3. The van der Waals surface area contributed by atoms with Gasteiger partial charge in [0.1, 0.15) is 17.3 Å². The maximum atomic E-state index is 15.2. The van der Waals surface area contributed by atoms with Crippen LogP contribution in [0.2, 0.25) is 5.02 Å². The second-order valence-corrected chi connectivity index (χ2v) is 13.6. The number of hydrogen-bond donors (Lipinski definition) is 3. The smallest absolute Gasteiger partial charge is 0.303 e. The number of likely N-dealkylation sites (tertiary alicyclic amines) is 1. The lowest BCUT2D eigenvalue weighted by Crippen LogP contribution is -2.53. The largest absolute Gasteiger partial charge is 0.508 e. The third kappa shape index (κ3) is 5.12. The average molecular weight is 702 g/mol. The van der Waals surface area contributed by atoms with Crippen LogP contribution in [0.5, 0.6) is 11.5 Å². The molecule has 3 N–H and O–H groups in total. The first-order chi connectivity index (χ1) is 24.0. The van der Waals surface area contributed by atoms with Gasteiger partial charge < -0.3 is 14.9 Å². The summed E-state index contributed by atoms with van der Waals surface area (Å²) in [4.78, 5) is 69.9. The molecule has 1 saturated carbocycles. The van der Waals surface area contributed by atoms with Crippen LogP contribution in [-0.4, -0.2) is 63.4 Å². The number of carbonyl (C=O) groups excluding carboxylic acids is 4. The predicted octanol–water partition coefficient (Wildman–Crippen LogP) is 5.04. The normalized spacial score (nSPS) is 27.1. The van der Waals surface area contributed by atoms with Crippen LogP contribution in [-0.2, 0) is 29.4 Å². The summed E-state index contributed by atoms with van der Waals surface area (Å²) in [7, 11) is 1.43. The molecule has 6 unspecified atom stereocenters. The zero-order valence-electron chi connectivity index (χ0n) is 26.8. The van der Waals surface area contributed by atoms with Crippen LogP contribution in [0, 0.1) is 29.5 Å². The number of phenols is 1. The molecule has 13 heteroatoms. The van der Waals surface area contributed by atoms with E-state index in [-0.39, 0.29) is 49.6 Å². The fourth-order valence-electron chi connectivity index (χ4n) is 8.61. The summed E-state index contributed by atoms with van der Waals surface area (Å²) in [6.07, 6.45) is 2.01. The van der Waals surface area contributed by atoms with Crippen molar-refractivity contribution in [3.05, 3.63) is 100 Å². The third-order valence-corrected chi connectivity index (χ3v) is 10.9. The van der Waals surface area contributed by atoms with Crippen molar-refractivity contribution in [1.82, 2.24) is 9.91 Å². The number of carboxylic acids is 1. The maximum absolute atomic E-state index is 15.2. The van der Waals surface area contributed by atoms with Crippen LogP contribution in [0.25, 0.3) is 0 Å². The first-order valence-corrected chi connectivity index (χ1v) is 16.7. The number of benzene rings is 3. The molecule has 258 valence electrons. The van der Waals surface area contributed by atoms with Crippen molar-refractivity contribution in [2.24, 2.45) is 23.7 Å². The number of nitrogens with one attached hydrogen (secondary N) is 1. The average Bonchev–Trinajstić information content (AvgIpc) is 3.46. The number of methoxy groups -OCH3 is 1. The number of fused-ring (bicyclic) bond motifs is 4. The quantitative estimate of drug-likeness (QED) is 0.206. The molecular formula is C37H33ClFN3O8. The van der Waals surface area contributed by atoms with Gasteiger partial charge in [-0.15, -0.1) is 0 Å². The van der Waals surface area contributed by atoms with Gasteiger partial charge in [-0.1, -0.05) is 41.4 Å². The first-order valence-electron chi connectivity index (χ1n) is 16.3. The van der Waals surface area contributed by atoms with Crippen LogP contribution < -0.4 is 10.2 Å². The summed E-state index contributed by atoms with van der Waals surface area (Å²) in [6, 6.07) is 16.4. The molecule has 0 radical (unpaired) electrons. The lowest BCUT2D eigenvalue weighted by molar-refractivity contribution is -0.142. The summed E-state index contributed by atoms with van der Waals surface area (Å²) in [5.41, 5.74) is 3.23. The minimum atomic E-state index is -1.61. The van der Waals surface area contributed by atoms with Crippen molar-refractivity contribution in [1.29, 1.82) is 0 Å². The number of carbonyl (C=O) groups is 5. The Morgan fingerprint density at radius 3 is 2.40 bits per heavy atom. The molecule has 50 heavy (non-hydrogen) atoms. The van der Waals surface area contributed by atoms with E-state index in [4.69, 9.17) is 21.4 Å². The Morgan fingerprint density at radius 1 is 1.00 bits per heavy atom. The van der Waals surface area contributed by atoms with Crippen LogP contribution in [0.4, 0.5) is 10.1 Å². The number of rotatable bonds is 9. The molecular weight excluding hydrogens is 669 g/mol. The van der Waals surface area contributed by atoms with E-state index in [1.807, 2.05) is 6.08 Å². The Hall–Kier alpha value is -5.23. The molecule has 3 fully saturated rings.